The van der Waals surface area contributed by atoms with Gasteiger partial charge in [0.2, 0.25) is 5.91 Å². The summed E-state index contributed by atoms with van der Waals surface area (Å²) in [6, 6.07) is 16.9. The maximum atomic E-state index is 12.3. The molecule has 9 nitrogen and oxygen atoms in total. The highest BCUT2D eigenvalue weighted by molar-refractivity contribution is 6.01. The molecule has 2 aromatic heterocycles. The van der Waals surface area contributed by atoms with Gasteiger partial charge in [-0.05, 0) is 29.8 Å². The molecule has 4 N–H and O–H groups in total. The molecule has 0 aliphatic heterocycles. The highest BCUT2D eigenvalue weighted by atomic mass is 16.5. The Balaban J connectivity index is 1.75. The lowest BCUT2D eigenvalue weighted by atomic mass is 10.1. The van der Waals surface area contributed by atoms with Crippen molar-refractivity contribution in [1.29, 1.82) is 0 Å². The molecule has 0 radical (unpaired) electrons. The minimum absolute atomic E-state index is 0.108. The van der Waals surface area contributed by atoms with Crippen LogP contribution in [0.3, 0.4) is 0 Å². The number of amides is 1. The van der Waals surface area contributed by atoms with Crippen LogP contribution in [-0.2, 0) is 4.79 Å². The molecule has 9 heteroatoms. The average Bonchev–Trinajstić information content (AvgIpc) is 3.19. The second-order valence-electron chi connectivity index (χ2n) is 7.22. The number of nitrogens with zero attached hydrogens (tertiary/aromatic N) is 4. The quantitative estimate of drug-likeness (QED) is 0.408. The number of nitrogens with two attached hydrogens (primary N) is 1. The number of para-hydroxylation sites is 1. The molecule has 0 aliphatic carbocycles. The molecule has 2 aromatic carbocycles. The zero-order chi connectivity index (χ0) is 22.7. The third-order valence-electron chi connectivity index (χ3n) is 4.96. The van der Waals surface area contributed by atoms with Crippen molar-refractivity contribution in [3.05, 3.63) is 67.1 Å². The van der Waals surface area contributed by atoms with E-state index in [0.29, 0.717) is 22.3 Å². The number of carbonyl (C=O) groups excluding carboxylic acids is 1. The van der Waals surface area contributed by atoms with Crippen LogP contribution in [0.5, 0.6) is 11.5 Å². The zero-order valence-electron chi connectivity index (χ0n) is 17.4. The highest BCUT2D eigenvalue weighted by Gasteiger charge is 2.22. The van der Waals surface area contributed by atoms with Gasteiger partial charge in [-0.2, -0.15) is 0 Å². The molecular weight excluding hydrogens is 410 g/mol. The number of benzene rings is 2. The van der Waals surface area contributed by atoms with E-state index >= 15 is 0 Å². The first kappa shape index (κ1) is 21.3. The Hall–Kier alpha value is -3.95. The lowest BCUT2D eigenvalue weighted by Gasteiger charge is -2.24. The van der Waals surface area contributed by atoms with Gasteiger partial charge in [-0.3, -0.25) is 4.79 Å². The molecule has 4 rings (SSSR count). The van der Waals surface area contributed by atoms with Gasteiger partial charge in [0.05, 0.1) is 24.6 Å². The van der Waals surface area contributed by atoms with Crippen LogP contribution in [-0.4, -0.2) is 50.0 Å². The highest BCUT2D eigenvalue weighted by Crippen LogP contribution is 2.34. The summed E-state index contributed by atoms with van der Waals surface area (Å²) in [7, 11) is 0. The number of rotatable bonds is 7. The first-order valence-corrected chi connectivity index (χ1v) is 10.00. The van der Waals surface area contributed by atoms with Crippen molar-refractivity contribution in [2.24, 2.45) is 0 Å². The fourth-order valence-electron chi connectivity index (χ4n) is 3.43. The summed E-state index contributed by atoms with van der Waals surface area (Å²) < 4.78 is 7.38. The van der Waals surface area contributed by atoms with Gasteiger partial charge in [0.1, 0.15) is 23.6 Å². The van der Waals surface area contributed by atoms with Crippen LogP contribution in [0.4, 0.5) is 5.82 Å². The van der Waals surface area contributed by atoms with Gasteiger partial charge in [0, 0.05) is 18.7 Å². The van der Waals surface area contributed by atoms with Crippen molar-refractivity contribution < 1.29 is 19.7 Å². The van der Waals surface area contributed by atoms with Gasteiger partial charge in [-0.15, -0.1) is 0 Å². The van der Waals surface area contributed by atoms with Crippen LogP contribution < -0.4 is 15.5 Å². The molecule has 0 unspecified atom stereocenters. The normalized spacial score (nSPS) is 12.0. The molecule has 164 valence electrons. The second kappa shape index (κ2) is 9.04. The van der Waals surface area contributed by atoms with Gasteiger partial charge < -0.3 is 20.7 Å². The fourth-order valence-corrected chi connectivity index (χ4v) is 3.43. The summed E-state index contributed by atoms with van der Waals surface area (Å²) in [6.07, 6.45) is 1.93. The molecule has 0 saturated carbocycles. The number of nitrogen functional groups attached to an aromatic ring is 1. The molecule has 0 fully saturated rings. The van der Waals surface area contributed by atoms with Crippen molar-refractivity contribution in [2.75, 3.05) is 23.9 Å². The van der Waals surface area contributed by atoms with E-state index in [1.807, 2.05) is 54.6 Å². The van der Waals surface area contributed by atoms with Crippen LogP contribution in [0.15, 0.2) is 67.1 Å². The summed E-state index contributed by atoms with van der Waals surface area (Å²) in [5.74, 6) is 1.34. The lowest BCUT2D eigenvalue weighted by Crippen LogP contribution is -2.44. The zero-order valence-corrected chi connectivity index (χ0v) is 17.4. The van der Waals surface area contributed by atoms with Gasteiger partial charge >= 0.3 is 0 Å². The number of carbonyl (C=O) groups is 1. The van der Waals surface area contributed by atoms with Crippen molar-refractivity contribution in [1.82, 2.24) is 14.6 Å². The van der Waals surface area contributed by atoms with E-state index in [4.69, 9.17) is 10.5 Å². The maximum absolute atomic E-state index is 12.3. The number of hydrogen-bond donors (Lipinski definition) is 3. The molecule has 4 aromatic rings. The topological polar surface area (TPSA) is 127 Å². The number of aromatic nitrogens is 3. The molecule has 2 heterocycles. The Bertz CT molecular complexity index is 1220. The number of aliphatic hydroxyl groups excluding tert-OH is 2. The molecule has 0 saturated heterocycles. The number of ether oxygens (including phenoxy) is 1. The molecule has 32 heavy (non-hydrogen) atoms. The molecule has 1 atom stereocenters. The predicted octanol–water partition coefficient (Wildman–Crippen LogP) is 2.31. The van der Waals surface area contributed by atoms with E-state index in [2.05, 4.69) is 9.97 Å². The van der Waals surface area contributed by atoms with E-state index in [1.54, 1.807) is 6.20 Å². The van der Waals surface area contributed by atoms with Crippen molar-refractivity contribution in [3.63, 3.8) is 0 Å². The molecule has 0 bridgehead atoms. The van der Waals surface area contributed by atoms with Gasteiger partial charge in [0.25, 0.3) is 0 Å². The fraction of sp³-hybridized carbons (Fsp3) is 0.174. The van der Waals surface area contributed by atoms with Gasteiger partial charge in [0.15, 0.2) is 5.65 Å². The Morgan fingerprint density at radius 3 is 2.47 bits per heavy atom. The number of anilines is 1. The van der Waals surface area contributed by atoms with E-state index in [9.17, 15) is 15.0 Å². The van der Waals surface area contributed by atoms with Crippen molar-refractivity contribution in [2.45, 2.75) is 13.0 Å². The summed E-state index contributed by atoms with van der Waals surface area (Å²) in [4.78, 5) is 20.7. The van der Waals surface area contributed by atoms with Crippen LogP contribution in [0.1, 0.15) is 6.92 Å². The molecule has 0 spiro atoms. The van der Waals surface area contributed by atoms with E-state index in [0.717, 1.165) is 11.3 Å². The summed E-state index contributed by atoms with van der Waals surface area (Å²) >= 11 is 0. The lowest BCUT2D eigenvalue weighted by molar-refractivity contribution is -0.118. The van der Waals surface area contributed by atoms with Crippen LogP contribution in [0.25, 0.3) is 22.2 Å². The average molecular weight is 433 g/mol. The third kappa shape index (κ3) is 4.25. The van der Waals surface area contributed by atoms with Crippen LogP contribution >= 0.6 is 0 Å². The largest absolute Gasteiger partial charge is 0.457 e. The van der Waals surface area contributed by atoms with Crippen molar-refractivity contribution >= 4 is 22.8 Å². The second-order valence-corrected chi connectivity index (χ2v) is 7.22. The first-order valence-electron chi connectivity index (χ1n) is 10.00. The van der Waals surface area contributed by atoms with Gasteiger partial charge in [-0.1, -0.05) is 30.3 Å². The third-order valence-corrected chi connectivity index (χ3v) is 4.96. The summed E-state index contributed by atoms with van der Waals surface area (Å²) in [5.41, 5.74) is 8.11. The summed E-state index contributed by atoms with van der Waals surface area (Å²) in [5, 5.41) is 21.0. The number of fused-ring (bicyclic) bond motifs is 1. The molecular formula is C23H23N5O4. The molecule has 0 aliphatic rings. The van der Waals surface area contributed by atoms with Crippen LogP contribution in [0, 0.1) is 0 Å². The molecule has 1 amide bonds. The summed E-state index contributed by atoms with van der Waals surface area (Å²) in [6.45, 7) is 0.786. The van der Waals surface area contributed by atoms with Crippen LogP contribution in [0.2, 0.25) is 0 Å². The Kier molecular flexibility index (Phi) is 6.02. The predicted molar refractivity (Wildman–Crippen MR) is 121 cm³/mol. The van der Waals surface area contributed by atoms with Gasteiger partial charge in [-0.25, -0.2) is 19.7 Å². The Labute approximate surface area is 184 Å². The van der Waals surface area contributed by atoms with E-state index in [-0.39, 0.29) is 18.3 Å². The Morgan fingerprint density at radius 2 is 1.81 bits per heavy atom. The monoisotopic (exact) mass is 433 g/mol. The van der Waals surface area contributed by atoms with Crippen molar-refractivity contribution in [3.8, 4) is 22.6 Å². The standard InChI is InChI=1S/C23H23N5O4/c1-15(30)27(11-17(31)13-29)28-12-20(21-22(24)25-14-26-23(21)28)16-7-9-19(10-8-16)32-18-5-3-2-4-6-18/h2-10,12,14,17,29,31H,11,13H2,1H3,(H2,24,25,26)/t17-/m1/s1. The minimum atomic E-state index is -1.10. The SMILES string of the molecule is CC(=O)N(C[C@@H](O)CO)n1cc(-c2ccc(Oc3ccccc3)cc2)c2c(N)ncnc21. The minimum Gasteiger partial charge on any atom is -0.457 e. The van der Waals surface area contributed by atoms with E-state index in [1.165, 1.54) is 22.9 Å². The number of hydrogen-bond acceptors (Lipinski definition) is 7. The first-order chi connectivity index (χ1) is 15.5. The smallest absolute Gasteiger partial charge is 0.238 e. The maximum Gasteiger partial charge on any atom is 0.238 e. The van der Waals surface area contributed by atoms with E-state index < -0.39 is 12.7 Å². The Morgan fingerprint density at radius 1 is 1.12 bits per heavy atom. The number of aliphatic hydroxyl groups is 2.